The fourth-order valence-electron chi connectivity index (χ4n) is 2.30. The van der Waals surface area contributed by atoms with Crippen molar-refractivity contribution in [2.24, 2.45) is 5.10 Å². The smallest absolute Gasteiger partial charge is 0.165 e. The summed E-state index contributed by atoms with van der Waals surface area (Å²) in [6, 6.07) is 17.3. The number of Topliss-reactive ketones (excluding diaryl/α,β-unsaturated/α-hetero) is 1. The van der Waals surface area contributed by atoms with E-state index in [4.69, 9.17) is 0 Å². The van der Waals surface area contributed by atoms with Gasteiger partial charge < -0.3 is 5.43 Å². The van der Waals surface area contributed by atoms with Gasteiger partial charge >= 0.3 is 0 Å². The molecule has 1 aliphatic heterocycles. The molecule has 3 heteroatoms. The van der Waals surface area contributed by atoms with E-state index in [2.05, 4.69) is 10.5 Å². The van der Waals surface area contributed by atoms with Gasteiger partial charge in [0.1, 0.15) is 0 Å². The third kappa shape index (κ3) is 2.40. The van der Waals surface area contributed by atoms with Gasteiger partial charge in [0.05, 0.1) is 12.3 Å². The first kappa shape index (κ1) is 11.7. The lowest BCUT2D eigenvalue weighted by molar-refractivity contribution is 0.0968. The Hall–Kier alpha value is -2.42. The molecule has 3 rings (SSSR count). The Balaban J connectivity index is 1.82. The van der Waals surface area contributed by atoms with Crippen molar-refractivity contribution < 1.29 is 4.79 Å². The van der Waals surface area contributed by atoms with E-state index >= 15 is 0 Å². The number of carbonyl (C=O) groups is 1. The molecular formula is C16H14N2O. The van der Waals surface area contributed by atoms with Gasteiger partial charge in [-0.3, -0.25) is 4.79 Å². The normalized spacial score (nSPS) is 16.5. The molecule has 1 N–H and O–H groups in total. The number of carbonyl (C=O) groups excluding carboxylic acids is 1. The van der Waals surface area contributed by atoms with E-state index in [9.17, 15) is 4.79 Å². The van der Waals surface area contributed by atoms with E-state index in [0.29, 0.717) is 6.42 Å². The van der Waals surface area contributed by atoms with Gasteiger partial charge in [0.15, 0.2) is 5.78 Å². The van der Waals surface area contributed by atoms with E-state index < -0.39 is 0 Å². The molecule has 0 aromatic heterocycles. The Kier molecular flexibility index (Phi) is 3.11. The van der Waals surface area contributed by atoms with Crippen molar-refractivity contribution in [2.75, 3.05) is 0 Å². The lowest BCUT2D eigenvalue weighted by Gasteiger charge is -2.21. The van der Waals surface area contributed by atoms with Gasteiger partial charge in [-0.2, -0.15) is 5.10 Å². The first-order valence-electron chi connectivity index (χ1n) is 6.30. The fourth-order valence-corrected chi connectivity index (χ4v) is 2.30. The number of benzene rings is 2. The summed E-state index contributed by atoms with van der Waals surface area (Å²) < 4.78 is 0. The molecule has 1 atom stereocenters. The second kappa shape index (κ2) is 5.06. The van der Waals surface area contributed by atoms with Crippen molar-refractivity contribution in [3.8, 4) is 0 Å². The van der Waals surface area contributed by atoms with Crippen LogP contribution in [0.5, 0.6) is 0 Å². The number of hydrazone groups is 1. The van der Waals surface area contributed by atoms with Crippen LogP contribution in [0.1, 0.15) is 33.9 Å². The summed E-state index contributed by atoms with van der Waals surface area (Å²) in [6.07, 6.45) is 2.21. The molecule has 3 nitrogen and oxygen atoms in total. The van der Waals surface area contributed by atoms with Crippen molar-refractivity contribution in [3.63, 3.8) is 0 Å². The summed E-state index contributed by atoms with van der Waals surface area (Å²) in [5, 5.41) is 4.12. The zero-order valence-corrected chi connectivity index (χ0v) is 10.4. The average molecular weight is 250 g/mol. The number of rotatable bonds is 3. The SMILES string of the molecule is O=C(CC1NN=Cc2ccccc21)c1ccccc1. The number of hydrogen-bond acceptors (Lipinski definition) is 3. The van der Waals surface area contributed by atoms with Crippen molar-refractivity contribution in [3.05, 3.63) is 71.3 Å². The van der Waals surface area contributed by atoms with Crippen molar-refractivity contribution in [1.29, 1.82) is 0 Å². The van der Waals surface area contributed by atoms with E-state index in [1.54, 1.807) is 6.21 Å². The van der Waals surface area contributed by atoms with Gasteiger partial charge in [-0.1, -0.05) is 54.6 Å². The number of fused-ring (bicyclic) bond motifs is 1. The first-order chi connectivity index (χ1) is 9.34. The summed E-state index contributed by atoms with van der Waals surface area (Å²) in [4.78, 5) is 12.2. The highest BCUT2D eigenvalue weighted by molar-refractivity contribution is 5.96. The topological polar surface area (TPSA) is 41.5 Å². The summed E-state index contributed by atoms with van der Waals surface area (Å²) >= 11 is 0. The number of nitrogens with one attached hydrogen (secondary N) is 1. The minimum absolute atomic E-state index is 0.0473. The molecule has 1 aliphatic rings. The average Bonchev–Trinajstić information content (AvgIpc) is 2.48. The largest absolute Gasteiger partial charge is 0.302 e. The molecule has 0 saturated carbocycles. The van der Waals surface area contributed by atoms with Crippen molar-refractivity contribution in [1.82, 2.24) is 5.43 Å². The Morgan fingerprint density at radius 3 is 2.63 bits per heavy atom. The Labute approximate surface area is 112 Å². The van der Waals surface area contributed by atoms with E-state index in [0.717, 1.165) is 16.7 Å². The van der Waals surface area contributed by atoms with Crippen LogP contribution in [0.25, 0.3) is 0 Å². The van der Waals surface area contributed by atoms with Gasteiger partial charge in [-0.25, -0.2) is 0 Å². The first-order valence-corrected chi connectivity index (χ1v) is 6.30. The van der Waals surface area contributed by atoms with Crippen LogP contribution >= 0.6 is 0 Å². The summed E-state index contributed by atoms with van der Waals surface area (Å²) in [6.45, 7) is 0. The lowest BCUT2D eigenvalue weighted by Crippen LogP contribution is -2.24. The lowest BCUT2D eigenvalue weighted by atomic mass is 9.94. The highest BCUT2D eigenvalue weighted by atomic mass is 16.1. The van der Waals surface area contributed by atoms with Gasteiger partial charge in [0, 0.05) is 12.0 Å². The summed E-state index contributed by atoms with van der Waals surface area (Å²) in [5.41, 5.74) is 5.97. The van der Waals surface area contributed by atoms with Crippen LogP contribution in [0, 0.1) is 0 Å². The molecule has 19 heavy (non-hydrogen) atoms. The van der Waals surface area contributed by atoms with E-state index in [1.807, 2.05) is 54.6 Å². The van der Waals surface area contributed by atoms with Crippen LogP contribution in [-0.4, -0.2) is 12.0 Å². The molecule has 94 valence electrons. The van der Waals surface area contributed by atoms with Crippen LogP contribution in [-0.2, 0) is 0 Å². The molecule has 0 spiro atoms. The fraction of sp³-hybridized carbons (Fsp3) is 0.125. The minimum Gasteiger partial charge on any atom is -0.302 e. The molecule has 1 unspecified atom stereocenters. The Morgan fingerprint density at radius 2 is 1.79 bits per heavy atom. The second-order valence-corrected chi connectivity index (χ2v) is 4.56. The van der Waals surface area contributed by atoms with Gasteiger partial charge in [0.25, 0.3) is 0 Å². The maximum absolute atomic E-state index is 12.2. The van der Waals surface area contributed by atoms with Crippen LogP contribution in [0.3, 0.4) is 0 Å². The number of nitrogens with zero attached hydrogens (tertiary/aromatic N) is 1. The maximum atomic E-state index is 12.2. The number of hydrogen-bond donors (Lipinski definition) is 1. The van der Waals surface area contributed by atoms with Gasteiger partial charge in [0.2, 0.25) is 0 Å². The standard InChI is InChI=1S/C16H14N2O/c19-16(12-6-2-1-3-7-12)10-15-14-9-5-4-8-13(14)11-17-18-15/h1-9,11,15,18H,10H2. The molecule has 2 aromatic rings. The predicted molar refractivity (Wildman–Crippen MR) is 75.3 cm³/mol. The molecule has 0 amide bonds. The van der Waals surface area contributed by atoms with Crippen LogP contribution in [0.2, 0.25) is 0 Å². The third-order valence-electron chi connectivity index (χ3n) is 3.29. The molecule has 0 fully saturated rings. The molecule has 2 aromatic carbocycles. The minimum atomic E-state index is -0.0473. The second-order valence-electron chi connectivity index (χ2n) is 4.56. The van der Waals surface area contributed by atoms with Crippen molar-refractivity contribution in [2.45, 2.75) is 12.5 Å². The molecular weight excluding hydrogens is 236 g/mol. The quantitative estimate of drug-likeness (QED) is 0.851. The predicted octanol–water partition coefficient (Wildman–Crippen LogP) is 2.94. The maximum Gasteiger partial charge on any atom is 0.165 e. The van der Waals surface area contributed by atoms with Gasteiger partial charge in [-0.15, -0.1) is 0 Å². The highest BCUT2D eigenvalue weighted by Crippen LogP contribution is 2.24. The van der Waals surface area contributed by atoms with Crippen LogP contribution in [0.4, 0.5) is 0 Å². The van der Waals surface area contributed by atoms with E-state index in [-0.39, 0.29) is 11.8 Å². The zero-order valence-electron chi connectivity index (χ0n) is 10.4. The van der Waals surface area contributed by atoms with Crippen LogP contribution in [0.15, 0.2) is 59.7 Å². The Morgan fingerprint density at radius 1 is 1.05 bits per heavy atom. The molecule has 1 heterocycles. The van der Waals surface area contributed by atoms with Crippen LogP contribution < -0.4 is 5.43 Å². The Bertz CT molecular complexity index is 620. The zero-order chi connectivity index (χ0) is 13.1. The summed E-state index contributed by atoms with van der Waals surface area (Å²) in [7, 11) is 0. The monoisotopic (exact) mass is 250 g/mol. The number of ketones is 1. The van der Waals surface area contributed by atoms with Crippen molar-refractivity contribution >= 4 is 12.0 Å². The highest BCUT2D eigenvalue weighted by Gasteiger charge is 2.20. The van der Waals surface area contributed by atoms with E-state index in [1.165, 1.54) is 0 Å². The third-order valence-corrected chi connectivity index (χ3v) is 3.29. The molecule has 0 radical (unpaired) electrons. The summed E-state index contributed by atoms with van der Waals surface area (Å²) in [5.74, 6) is 0.130. The van der Waals surface area contributed by atoms with Gasteiger partial charge in [-0.05, 0) is 11.1 Å². The molecule has 0 aliphatic carbocycles. The molecule has 0 saturated heterocycles. The molecule has 0 bridgehead atoms.